The van der Waals surface area contributed by atoms with Crippen molar-refractivity contribution in [3.8, 4) is 10.4 Å². The maximum atomic E-state index is 9.98. The molecule has 1 aliphatic heterocycles. The summed E-state index contributed by atoms with van der Waals surface area (Å²) in [6.07, 6.45) is 6.80. The number of hydrogen-bond donors (Lipinski definition) is 5. The maximum Gasteiger partial charge on any atom is 0.404 e. The molecule has 32 heavy (non-hydrogen) atoms. The summed E-state index contributed by atoms with van der Waals surface area (Å²) >= 11 is 1.67. The average Bonchev–Trinajstić information content (AvgIpc) is 3.48. The van der Waals surface area contributed by atoms with Crippen LogP contribution in [0, 0.1) is 12.8 Å². The first kappa shape index (κ1) is 30.0. The average molecular weight is 468 g/mol. The summed E-state index contributed by atoms with van der Waals surface area (Å²) in [6, 6.07) is 8.50. The van der Waals surface area contributed by atoms with Gasteiger partial charge in [0.15, 0.2) is 0 Å². The molecular formula is C24H41N3O4S. The SMILES string of the molecule is CC.CO.Cc1ccc(-c2cncs2)cc1.O=C(O)NCCC1CCC1.OC1CCNC1. The van der Waals surface area contributed by atoms with Crippen molar-refractivity contribution in [2.24, 2.45) is 5.92 Å². The van der Waals surface area contributed by atoms with Gasteiger partial charge in [-0.05, 0) is 37.8 Å². The van der Waals surface area contributed by atoms with Crippen molar-refractivity contribution in [1.82, 2.24) is 15.6 Å². The Kier molecular flexibility index (Phi) is 18.4. The van der Waals surface area contributed by atoms with Crippen LogP contribution >= 0.6 is 11.3 Å². The van der Waals surface area contributed by atoms with Gasteiger partial charge in [0.2, 0.25) is 0 Å². The monoisotopic (exact) mass is 467 g/mol. The predicted molar refractivity (Wildman–Crippen MR) is 133 cm³/mol. The Morgan fingerprint density at radius 3 is 2.22 bits per heavy atom. The molecule has 0 radical (unpaired) electrons. The minimum Gasteiger partial charge on any atom is -0.465 e. The molecule has 0 bridgehead atoms. The first-order chi connectivity index (χ1) is 15.5. The maximum absolute atomic E-state index is 9.98. The summed E-state index contributed by atoms with van der Waals surface area (Å²) in [4.78, 5) is 15.2. The highest BCUT2D eigenvalue weighted by Gasteiger charge is 2.16. The second-order valence-corrected chi connectivity index (χ2v) is 8.08. The minimum atomic E-state index is -0.903. The second-order valence-electron chi connectivity index (χ2n) is 7.20. The molecule has 1 saturated carbocycles. The summed E-state index contributed by atoms with van der Waals surface area (Å²) in [5.41, 5.74) is 4.40. The summed E-state index contributed by atoms with van der Waals surface area (Å²) in [5, 5.41) is 29.3. The quantitative estimate of drug-likeness (QED) is 0.451. The van der Waals surface area contributed by atoms with Gasteiger partial charge in [-0.3, -0.25) is 4.98 Å². The van der Waals surface area contributed by atoms with Crippen LogP contribution < -0.4 is 10.6 Å². The molecule has 1 aromatic heterocycles. The molecule has 1 aromatic carbocycles. The van der Waals surface area contributed by atoms with Crippen molar-refractivity contribution in [3.05, 3.63) is 41.5 Å². The zero-order valence-corrected chi connectivity index (χ0v) is 20.7. The van der Waals surface area contributed by atoms with Crippen LogP contribution in [0.15, 0.2) is 36.0 Å². The number of thiazole rings is 1. The molecule has 1 atom stereocenters. The van der Waals surface area contributed by atoms with E-state index < -0.39 is 6.09 Å². The second kappa shape index (κ2) is 19.7. The van der Waals surface area contributed by atoms with Crippen LogP contribution in [0.3, 0.4) is 0 Å². The third kappa shape index (κ3) is 14.1. The summed E-state index contributed by atoms with van der Waals surface area (Å²) in [6.45, 7) is 8.50. The molecule has 7 nitrogen and oxygen atoms in total. The Labute approximate surface area is 196 Å². The Morgan fingerprint density at radius 1 is 1.19 bits per heavy atom. The van der Waals surface area contributed by atoms with E-state index in [1.54, 1.807) is 11.3 Å². The highest BCUT2D eigenvalue weighted by Crippen LogP contribution is 2.28. The third-order valence-corrected chi connectivity index (χ3v) is 5.68. The fourth-order valence-electron chi connectivity index (χ4n) is 2.88. The zero-order chi connectivity index (χ0) is 24.2. The van der Waals surface area contributed by atoms with Crippen LogP contribution in [0.2, 0.25) is 0 Å². The van der Waals surface area contributed by atoms with Crippen LogP contribution in [0.4, 0.5) is 4.79 Å². The molecule has 0 spiro atoms. The smallest absolute Gasteiger partial charge is 0.404 e. The van der Waals surface area contributed by atoms with E-state index >= 15 is 0 Å². The van der Waals surface area contributed by atoms with Crippen LogP contribution in [0.1, 0.15) is 51.5 Å². The third-order valence-electron chi connectivity index (χ3n) is 4.86. The van der Waals surface area contributed by atoms with Crippen LogP contribution in [-0.2, 0) is 0 Å². The lowest BCUT2D eigenvalue weighted by Crippen LogP contribution is -2.25. The van der Waals surface area contributed by atoms with E-state index in [4.69, 9.17) is 15.3 Å². The summed E-state index contributed by atoms with van der Waals surface area (Å²) in [5.74, 6) is 0.798. The van der Waals surface area contributed by atoms with E-state index in [1.807, 2.05) is 25.6 Å². The standard InChI is InChI=1S/C10H9NS.C7H13NO2.C4H9NO.C2H6.CH4O/c1-8-2-4-9(5-3-8)10-6-11-7-12-10;9-7(10)8-5-4-6-2-1-3-6;6-4-1-2-5-3-4;2*1-2/h2-7H,1H3;6,8H,1-5H2,(H,9,10);4-6H,1-3H2;1-2H3;2H,1H3. The Bertz CT molecular complexity index is 671. The van der Waals surface area contributed by atoms with Crippen LogP contribution in [0.5, 0.6) is 0 Å². The van der Waals surface area contributed by atoms with Gasteiger partial charge in [0.1, 0.15) is 0 Å². The summed E-state index contributed by atoms with van der Waals surface area (Å²) in [7, 11) is 1.00. The molecule has 5 N–H and O–H groups in total. The fourth-order valence-corrected chi connectivity index (χ4v) is 3.51. The number of aryl methyl sites for hydroxylation is 1. The van der Waals surface area contributed by atoms with Crippen molar-refractivity contribution in [2.75, 3.05) is 26.7 Å². The number of amides is 1. The van der Waals surface area contributed by atoms with E-state index in [0.717, 1.165) is 39.0 Å². The van der Waals surface area contributed by atoms with E-state index in [1.165, 1.54) is 35.3 Å². The lowest BCUT2D eigenvalue weighted by Gasteiger charge is -2.24. The van der Waals surface area contributed by atoms with E-state index in [0.29, 0.717) is 6.54 Å². The normalized spacial score (nSPS) is 16.2. The van der Waals surface area contributed by atoms with Gasteiger partial charge in [-0.1, -0.05) is 62.9 Å². The Balaban J connectivity index is 0.000000435. The summed E-state index contributed by atoms with van der Waals surface area (Å²) < 4.78 is 0. The van der Waals surface area contributed by atoms with Gasteiger partial charge in [-0.15, -0.1) is 11.3 Å². The van der Waals surface area contributed by atoms with Gasteiger partial charge < -0.3 is 26.0 Å². The molecule has 4 rings (SSSR count). The number of nitrogens with zero attached hydrogens (tertiary/aromatic N) is 1. The van der Waals surface area contributed by atoms with Crippen molar-refractivity contribution >= 4 is 17.4 Å². The first-order valence-corrected chi connectivity index (χ1v) is 12.2. The molecular weight excluding hydrogens is 426 g/mol. The van der Waals surface area contributed by atoms with E-state index in [2.05, 4.69) is 46.8 Å². The number of aromatic nitrogens is 1. The van der Waals surface area contributed by atoms with Crippen molar-refractivity contribution in [3.63, 3.8) is 0 Å². The lowest BCUT2D eigenvalue weighted by molar-refractivity contribution is 0.191. The molecule has 1 unspecified atom stereocenters. The number of benzene rings is 1. The van der Waals surface area contributed by atoms with Gasteiger partial charge in [-0.25, -0.2) is 4.79 Å². The molecule has 182 valence electrons. The number of carboxylic acid groups (broad SMARTS) is 1. The van der Waals surface area contributed by atoms with Crippen molar-refractivity contribution in [2.45, 2.75) is 59.0 Å². The Morgan fingerprint density at radius 2 is 1.84 bits per heavy atom. The highest BCUT2D eigenvalue weighted by atomic mass is 32.1. The molecule has 2 heterocycles. The minimum absolute atomic E-state index is 0.0648. The van der Waals surface area contributed by atoms with Crippen LogP contribution in [0.25, 0.3) is 10.4 Å². The largest absolute Gasteiger partial charge is 0.465 e. The Hall–Kier alpha value is -2.00. The molecule has 1 saturated heterocycles. The predicted octanol–water partition coefficient (Wildman–Crippen LogP) is 4.54. The number of β-amino-alcohol motifs (C(OH)–C–C–N with tert-alkyl or cyclic N) is 1. The van der Waals surface area contributed by atoms with Crippen molar-refractivity contribution < 1.29 is 20.1 Å². The van der Waals surface area contributed by atoms with Gasteiger partial charge in [0, 0.05) is 26.4 Å². The van der Waals surface area contributed by atoms with Gasteiger partial charge in [-0.2, -0.15) is 0 Å². The fraction of sp³-hybridized carbons (Fsp3) is 0.583. The van der Waals surface area contributed by atoms with E-state index in [-0.39, 0.29) is 6.10 Å². The number of hydrogen-bond acceptors (Lipinski definition) is 6. The number of rotatable bonds is 4. The molecule has 8 heteroatoms. The number of carbonyl (C=O) groups is 1. The molecule has 1 aliphatic carbocycles. The van der Waals surface area contributed by atoms with Gasteiger partial charge in [0.05, 0.1) is 16.5 Å². The number of nitrogens with one attached hydrogen (secondary N) is 2. The molecule has 2 fully saturated rings. The number of aliphatic hydroxyl groups excluding tert-OH is 2. The highest BCUT2D eigenvalue weighted by molar-refractivity contribution is 7.13. The van der Waals surface area contributed by atoms with Crippen molar-refractivity contribution in [1.29, 1.82) is 0 Å². The first-order valence-electron chi connectivity index (χ1n) is 11.3. The van der Waals surface area contributed by atoms with Gasteiger partial charge in [0.25, 0.3) is 0 Å². The molecule has 2 aliphatic rings. The zero-order valence-electron chi connectivity index (χ0n) is 19.9. The lowest BCUT2D eigenvalue weighted by atomic mass is 9.83. The van der Waals surface area contributed by atoms with E-state index in [9.17, 15) is 4.79 Å². The topological polar surface area (TPSA) is 115 Å². The molecule has 2 aromatic rings. The van der Waals surface area contributed by atoms with Gasteiger partial charge >= 0.3 is 6.09 Å². The molecule has 1 amide bonds. The van der Waals surface area contributed by atoms with Crippen LogP contribution in [-0.4, -0.2) is 59.2 Å². The number of aliphatic hydroxyl groups is 2.